The van der Waals surface area contributed by atoms with Crippen LogP contribution in [0.4, 0.5) is 0 Å². The van der Waals surface area contributed by atoms with E-state index >= 15 is 0 Å². The molecule has 1 aromatic heterocycles. The average molecular weight is 414 g/mol. The van der Waals surface area contributed by atoms with Crippen molar-refractivity contribution in [1.82, 2.24) is 0 Å². The molecule has 0 N–H and O–H groups in total. The third kappa shape index (κ3) is 6.34. The van der Waals surface area contributed by atoms with Gasteiger partial charge in [-0.2, -0.15) is 0 Å². The number of esters is 2. The summed E-state index contributed by atoms with van der Waals surface area (Å²) in [6, 6.07) is 4.65. The normalized spacial score (nSPS) is 11.2. The van der Waals surface area contributed by atoms with Gasteiger partial charge in [0, 0.05) is 13.8 Å². The molecule has 0 spiro atoms. The van der Waals surface area contributed by atoms with Gasteiger partial charge in [-0.15, -0.1) is 0 Å². The van der Waals surface area contributed by atoms with Gasteiger partial charge in [0.05, 0.1) is 0 Å². The zero-order chi connectivity index (χ0) is 22.3. The van der Waals surface area contributed by atoms with Crippen LogP contribution < -0.4 is 19.8 Å². The van der Waals surface area contributed by atoms with Crippen LogP contribution in [0.25, 0.3) is 11.0 Å². The minimum absolute atomic E-state index is 0.0124. The molecule has 7 nitrogen and oxygen atoms in total. The van der Waals surface area contributed by atoms with Crippen molar-refractivity contribution in [2.45, 2.75) is 47.5 Å². The van der Waals surface area contributed by atoms with E-state index < -0.39 is 17.6 Å². The number of ether oxygens (including phenoxy) is 3. The van der Waals surface area contributed by atoms with Crippen LogP contribution in [-0.4, -0.2) is 18.5 Å². The van der Waals surface area contributed by atoms with Crippen molar-refractivity contribution in [3.8, 4) is 17.2 Å². The lowest BCUT2D eigenvalue weighted by atomic mass is 10.1. The number of fused-ring (bicyclic) bond motifs is 1. The molecule has 30 heavy (non-hydrogen) atoms. The Morgan fingerprint density at radius 2 is 1.67 bits per heavy atom. The molecular formula is C23H26O7. The Kier molecular flexibility index (Phi) is 7.98. The fourth-order valence-electron chi connectivity index (χ4n) is 2.74. The van der Waals surface area contributed by atoms with Gasteiger partial charge < -0.3 is 18.6 Å². The summed E-state index contributed by atoms with van der Waals surface area (Å²) >= 11 is 0. The van der Waals surface area contributed by atoms with Crippen LogP contribution in [0.2, 0.25) is 0 Å². The van der Waals surface area contributed by atoms with Crippen molar-refractivity contribution in [1.29, 1.82) is 0 Å². The largest absolute Gasteiger partial charge is 0.484 e. The van der Waals surface area contributed by atoms with Gasteiger partial charge in [0.15, 0.2) is 5.75 Å². The van der Waals surface area contributed by atoms with Gasteiger partial charge in [-0.25, -0.2) is 4.79 Å². The highest BCUT2D eigenvalue weighted by Gasteiger charge is 2.23. The first-order valence-corrected chi connectivity index (χ1v) is 9.57. The highest BCUT2D eigenvalue weighted by molar-refractivity contribution is 5.93. The van der Waals surface area contributed by atoms with Crippen LogP contribution in [0.15, 0.2) is 50.7 Å². The van der Waals surface area contributed by atoms with E-state index in [2.05, 4.69) is 6.08 Å². The lowest BCUT2D eigenvalue weighted by Crippen LogP contribution is -2.14. The topological polar surface area (TPSA) is 92.0 Å². The molecule has 0 radical (unpaired) electrons. The Bertz CT molecular complexity index is 1050. The maximum Gasteiger partial charge on any atom is 0.383 e. The van der Waals surface area contributed by atoms with E-state index in [9.17, 15) is 14.4 Å². The zero-order valence-electron chi connectivity index (χ0n) is 17.9. The van der Waals surface area contributed by atoms with Crippen molar-refractivity contribution in [2.24, 2.45) is 0 Å². The van der Waals surface area contributed by atoms with Crippen molar-refractivity contribution in [3.63, 3.8) is 0 Å². The summed E-state index contributed by atoms with van der Waals surface area (Å²) in [5, 5.41) is 0.235. The van der Waals surface area contributed by atoms with E-state index in [0.717, 1.165) is 18.4 Å². The molecule has 2 rings (SSSR count). The molecule has 160 valence electrons. The van der Waals surface area contributed by atoms with Gasteiger partial charge in [-0.3, -0.25) is 9.59 Å². The maximum absolute atomic E-state index is 12.4. The summed E-state index contributed by atoms with van der Waals surface area (Å²) in [6.45, 7) is 8.62. The van der Waals surface area contributed by atoms with Crippen LogP contribution in [0.1, 0.15) is 47.5 Å². The highest BCUT2D eigenvalue weighted by atomic mass is 16.6. The number of hydrogen-bond donors (Lipinski definition) is 0. The molecule has 0 aliphatic rings. The standard InChI is InChI=1S/C23H26O7/c1-14(2)8-6-9-15(3)12-13-27-21-20-18(28-16(4)24)10-7-11-19(20)30-23(26)22(21)29-17(5)25/h7-8,10-12H,6,9,13H2,1-5H3/b15-12+. The SMILES string of the molecule is CC(=O)Oc1c(OC/C=C(\C)CCC=C(C)C)c2c(OC(C)=O)cccc2oc1=O. The Morgan fingerprint density at radius 1 is 0.967 bits per heavy atom. The average Bonchev–Trinajstić information content (AvgIpc) is 2.63. The predicted octanol–water partition coefficient (Wildman–Crippen LogP) is 4.72. The number of allylic oxidation sites excluding steroid dienone is 3. The summed E-state index contributed by atoms with van der Waals surface area (Å²) < 4.78 is 21.3. The summed E-state index contributed by atoms with van der Waals surface area (Å²) in [7, 11) is 0. The summed E-state index contributed by atoms with van der Waals surface area (Å²) in [6.07, 6.45) is 5.81. The third-order valence-corrected chi connectivity index (χ3v) is 4.06. The molecule has 0 unspecified atom stereocenters. The van der Waals surface area contributed by atoms with Gasteiger partial charge in [0.2, 0.25) is 0 Å². The summed E-state index contributed by atoms with van der Waals surface area (Å²) in [4.78, 5) is 35.4. The molecule has 0 atom stereocenters. The highest BCUT2D eigenvalue weighted by Crippen LogP contribution is 2.39. The van der Waals surface area contributed by atoms with Crippen molar-refractivity contribution in [2.75, 3.05) is 6.61 Å². The minimum Gasteiger partial charge on any atom is -0.484 e. The zero-order valence-corrected chi connectivity index (χ0v) is 17.9. The number of hydrogen-bond acceptors (Lipinski definition) is 7. The molecule has 0 saturated heterocycles. The minimum atomic E-state index is -0.864. The number of rotatable bonds is 8. The van der Waals surface area contributed by atoms with Crippen LogP contribution in [-0.2, 0) is 9.59 Å². The van der Waals surface area contributed by atoms with E-state index in [1.807, 2.05) is 26.8 Å². The molecule has 0 bridgehead atoms. The third-order valence-electron chi connectivity index (χ3n) is 4.06. The molecule has 0 amide bonds. The first-order valence-electron chi connectivity index (χ1n) is 9.57. The van der Waals surface area contributed by atoms with Crippen molar-refractivity contribution in [3.05, 3.63) is 51.9 Å². The second-order valence-corrected chi connectivity index (χ2v) is 7.05. The molecule has 2 aromatic rings. The van der Waals surface area contributed by atoms with E-state index in [1.54, 1.807) is 6.07 Å². The fraction of sp³-hybridized carbons (Fsp3) is 0.348. The molecular weight excluding hydrogens is 388 g/mol. The van der Waals surface area contributed by atoms with Gasteiger partial charge >= 0.3 is 17.6 Å². The Balaban J connectivity index is 2.45. The smallest absolute Gasteiger partial charge is 0.383 e. The fourth-order valence-corrected chi connectivity index (χ4v) is 2.74. The van der Waals surface area contributed by atoms with Gasteiger partial charge in [0.1, 0.15) is 23.3 Å². The van der Waals surface area contributed by atoms with E-state index in [4.69, 9.17) is 18.6 Å². The number of benzene rings is 1. The Labute approximate surface area is 174 Å². The second kappa shape index (κ2) is 10.4. The molecule has 0 saturated carbocycles. The molecule has 7 heteroatoms. The van der Waals surface area contributed by atoms with E-state index in [0.29, 0.717) is 0 Å². The number of carbonyl (C=O) groups excluding carboxylic acids is 2. The van der Waals surface area contributed by atoms with Crippen LogP contribution >= 0.6 is 0 Å². The lowest BCUT2D eigenvalue weighted by Gasteiger charge is -2.14. The quantitative estimate of drug-likeness (QED) is 0.267. The van der Waals surface area contributed by atoms with Gasteiger partial charge in [0.25, 0.3) is 5.75 Å². The van der Waals surface area contributed by atoms with Crippen LogP contribution in [0.5, 0.6) is 17.2 Å². The number of carbonyl (C=O) groups is 2. The Hall–Kier alpha value is -3.35. The molecule has 1 aromatic carbocycles. The molecule has 0 aliphatic heterocycles. The monoisotopic (exact) mass is 414 g/mol. The summed E-state index contributed by atoms with van der Waals surface area (Å²) in [5.41, 5.74) is 1.64. The van der Waals surface area contributed by atoms with E-state index in [-0.39, 0.29) is 34.8 Å². The molecule has 0 aliphatic carbocycles. The maximum atomic E-state index is 12.4. The molecule has 1 heterocycles. The van der Waals surface area contributed by atoms with Crippen molar-refractivity contribution < 1.29 is 28.2 Å². The summed E-state index contributed by atoms with van der Waals surface area (Å²) in [5.74, 6) is -1.52. The molecule has 0 fully saturated rings. The second-order valence-electron chi connectivity index (χ2n) is 7.05. The van der Waals surface area contributed by atoms with Crippen LogP contribution in [0.3, 0.4) is 0 Å². The van der Waals surface area contributed by atoms with Gasteiger partial charge in [-0.1, -0.05) is 23.3 Å². The lowest BCUT2D eigenvalue weighted by molar-refractivity contribution is -0.133. The predicted molar refractivity (Wildman–Crippen MR) is 113 cm³/mol. The first-order chi connectivity index (χ1) is 14.2. The van der Waals surface area contributed by atoms with E-state index in [1.165, 1.54) is 31.6 Å². The van der Waals surface area contributed by atoms with Crippen LogP contribution in [0, 0.1) is 0 Å². The van der Waals surface area contributed by atoms with Crippen molar-refractivity contribution >= 4 is 22.9 Å². The van der Waals surface area contributed by atoms with Gasteiger partial charge in [-0.05, 0) is 51.8 Å². The first kappa shape index (κ1) is 22.9. The Morgan fingerprint density at radius 3 is 2.30 bits per heavy atom.